The van der Waals surface area contributed by atoms with Gasteiger partial charge in [-0.1, -0.05) is 37.3 Å². The molecule has 0 aromatic heterocycles. The van der Waals surface area contributed by atoms with Crippen molar-refractivity contribution < 1.29 is 23.5 Å². The standard InChI is InChI=1S/C28H30FNO4S/c1-4-35-14-13-34-28(32)25-17(2)30-23-15-19(18-9-11-20(33-3)12-10-18)16-24(31)27(23)26(25)21-7-5-6-8-22(21)29/h5-12,19,26,30H,4,13-16H2,1-3H3/t19-,26+/m0/s1. The van der Waals surface area contributed by atoms with Crippen LogP contribution in [0.2, 0.25) is 0 Å². The molecule has 0 radical (unpaired) electrons. The number of ether oxygens (including phenoxy) is 2. The van der Waals surface area contributed by atoms with Crippen LogP contribution in [0.25, 0.3) is 0 Å². The molecule has 0 spiro atoms. The molecule has 1 N–H and O–H groups in total. The lowest BCUT2D eigenvalue weighted by molar-refractivity contribution is -0.138. The molecule has 0 saturated heterocycles. The molecule has 0 unspecified atom stereocenters. The smallest absolute Gasteiger partial charge is 0.336 e. The zero-order valence-corrected chi connectivity index (χ0v) is 21.0. The maximum atomic E-state index is 15.0. The second-order valence-corrected chi connectivity index (χ2v) is 10.0. The number of carbonyl (C=O) groups excluding carboxylic acids is 2. The number of benzene rings is 2. The minimum Gasteiger partial charge on any atom is -0.497 e. The third-order valence-electron chi connectivity index (χ3n) is 6.52. The summed E-state index contributed by atoms with van der Waals surface area (Å²) in [5.41, 5.74) is 3.44. The first-order chi connectivity index (χ1) is 16.9. The molecule has 184 valence electrons. The van der Waals surface area contributed by atoms with Gasteiger partial charge in [0.1, 0.15) is 18.2 Å². The van der Waals surface area contributed by atoms with Crippen LogP contribution in [-0.4, -0.2) is 37.0 Å². The Morgan fingerprint density at radius 3 is 2.57 bits per heavy atom. The maximum Gasteiger partial charge on any atom is 0.336 e. The van der Waals surface area contributed by atoms with Crippen LogP contribution in [-0.2, 0) is 14.3 Å². The van der Waals surface area contributed by atoms with E-state index in [2.05, 4.69) is 5.32 Å². The van der Waals surface area contributed by atoms with Gasteiger partial charge in [-0.2, -0.15) is 11.8 Å². The quantitative estimate of drug-likeness (QED) is 0.386. The average molecular weight is 496 g/mol. The highest BCUT2D eigenvalue weighted by atomic mass is 32.2. The van der Waals surface area contributed by atoms with Gasteiger partial charge >= 0.3 is 5.97 Å². The lowest BCUT2D eigenvalue weighted by Gasteiger charge is -2.36. The number of esters is 1. The van der Waals surface area contributed by atoms with Gasteiger partial charge in [0.05, 0.1) is 18.6 Å². The Bertz CT molecular complexity index is 1170. The third-order valence-corrected chi connectivity index (χ3v) is 7.38. The van der Waals surface area contributed by atoms with Crippen LogP contribution >= 0.6 is 11.8 Å². The number of thioether (sulfide) groups is 1. The molecule has 2 aromatic carbocycles. The molecule has 2 aliphatic rings. The highest BCUT2D eigenvalue weighted by Crippen LogP contribution is 2.46. The molecular formula is C28H30FNO4S. The van der Waals surface area contributed by atoms with E-state index in [1.54, 1.807) is 44.0 Å². The molecule has 0 fully saturated rings. The number of carbonyl (C=O) groups is 2. The monoisotopic (exact) mass is 495 g/mol. The Labute approximate surface area is 209 Å². The highest BCUT2D eigenvalue weighted by molar-refractivity contribution is 7.99. The normalized spacial score (nSPS) is 19.8. The molecule has 5 nitrogen and oxygen atoms in total. The predicted octanol–water partition coefficient (Wildman–Crippen LogP) is 5.49. The van der Waals surface area contributed by atoms with Gasteiger partial charge in [-0.05, 0) is 48.8 Å². The fourth-order valence-corrected chi connectivity index (χ4v) is 5.35. The SMILES string of the molecule is CCSCCOC(=O)C1=C(C)NC2=C(C(=O)C[C@@H](c3ccc(OC)cc3)C2)[C@@H]1c1ccccc1F. The number of hydrogen-bond donors (Lipinski definition) is 1. The molecule has 35 heavy (non-hydrogen) atoms. The number of nitrogens with one attached hydrogen (secondary N) is 1. The van der Waals surface area contributed by atoms with E-state index in [-0.39, 0.29) is 24.7 Å². The molecule has 1 heterocycles. The number of ketones is 1. The number of rotatable bonds is 8. The van der Waals surface area contributed by atoms with Crippen LogP contribution in [0.3, 0.4) is 0 Å². The van der Waals surface area contributed by atoms with Gasteiger partial charge in [0.2, 0.25) is 0 Å². The van der Waals surface area contributed by atoms with Crippen molar-refractivity contribution in [2.75, 3.05) is 25.2 Å². The molecule has 7 heteroatoms. The van der Waals surface area contributed by atoms with Crippen molar-refractivity contribution >= 4 is 23.5 Å². The molecule has 0 amide bonds. The van der Waals surface area contributed by atoms with Crippen LogP contribution in [0.1, 0.15) is 49.7 Å². The summed E-state index contributed by atoms with van der Waals surface area (Å²) < 4.78 is 25.8. The van der Waals surface area contributed by atoms with E-state index in [0.717, 1.165) is 22.8 Å². The van der Waals surface area contributed by atoms with Gasteiger partial charge in [-0.25, -0.2) is 9.18 Å². The molecule has 0 saturated carbocycles. The number of hydrogen-bond acceptors (Lipinski definition) is 6. The van der Waals surface area contributed by atoms with E-state index in [9.17, 15) is 9.59 Å². The van der Waals surface area contributed by atoms with Crippen molar-refractivity contribution in [2.45, 2.75) is 38.5 Å². The maximum absolute atomic E-state index is 15.0. The van der Waals surface area contributed by atoms with Crippen molar-refractivity contribution in [3.05, 3.63) is 88.0 Å². The summed E-state index contributed by atoms with van der Waals surface area (Å²) in [4.78, 5) is 26.8. The van der Waals surface area contributed by atoms with Gasteiger partial charge in [0.25, 0.3) is 0 Å². The van der Waals surface area contributed by atoms with E-state index >= 15 is 4.39 Å². The Hall–Kier alpha value is -3.06. The summed E-state index contributed by atoms with van der Waals surface area (Å²) in [7, 11) is 1.62. The number of halogens is 1. The molecular weight excluding hydrogens is 465 g/mol. The first kappa shape index (κ1) is 25.0. The first-order valence-corrected chi connectivity index (χ1v) is 13.0. The summed E-state index contributed by atoms with van der Waals surface area (Å²) in [6.45, 7) is 4.09. The zero-order chi connectivity index (χ0) is 24.9. The lowest BCUT2D eigenvalue weighted by Crippen LogP contribution is -2.36. The predicted molar refractivity (Wildman–Crippen MR) is 136 cm³/mol. The van der Waals surface area contributed by atoms with Gasteiger partial charge < -0.3 is 14.8 Å². The van der Waals surface area contributed by atoms with Gasteiger partial charge in [-0.15, -0.1) is 0 Å². The van der Waals surface area contributed by atoms with Gasteiger partial charge in [0.15, 0.2) is 5.78 Å². The van der Waals surface area contributed by atoms with Crippen LogP contribution < -0.4 is 10.1 Å². The topological polar surface area (TPSA) is 64.6 Å². The molecule has 1 aliphatic carbocycles. The fourth-order valence-electron chi connectivity index (χ4n) is 4.86. The van der Waals surface area contributed by atoms with Crippen LogP contribution in [0.5, 0.6) is 5.75 Å². The summed E-state index contributed by atoms with van der Waals surface area (Å²) in [6, 6.07) is 14.1. The van der Waals surface area contributed by atoms with Crippen LogP contribution in [0.15, 0.2) is 71.1 Å². The average Bonchev–Trinajstić information content (AvgIpc) is 2.86. The molecule has 0 bridgehead atoms. The second-order valence-electron chi connectivity index (χ2n) is 8.64. The molecule has 2 aromatic rings. The summed E-state index contributed by atoms with van der Waals surface area (Å²) >= 11 is 1.68. The number of dihydropyridines is 1. The van der Waals surface area contributed by atoms with Gasteiger partial charge in [-0.3, -0.25) is 4.79 Å². The van der Waals surface area contributed by atoms with Crippen molar-refractivity contribution in [2.24, 2.45) is 0 Å². The Kier molecular flexibility index (Phi) is 7.96. The number of methoxy groups -OCH3 is 1. The zero-order valence-electron chi connectivity index (χ0n) is 20.2. The van der Waals surface area contributed by atoms with E-state index in [4.69, 9.17) is 9.47 Å². The van der Waals surface area contributed by atoms with Crippen LogP contribution in [0, 0.1) is 5.82 Å². The molecule has 2 atom stereocenters. The summed E-state index contributed by atoms with van der Waals surface area (Å²) in [5, 5.41) is 3.31. The number of allylic oxidation sites excluding steroid dienone is 3. The number of Topliss-reactive ketones (excluding diaryl/α,β-unsaturated/α-hetero) is 1. The lowest BCUT2D eigenvalue weighted by atomic mass is 9.71. The van der Waals surface area contributed by atoms with Crippen molar-refractivity contribution in [3.63, 3.8) is 0 Å². The van der Waals surface area contributed by atoms with Gasteiger partial charge in [0, 0.05) is 34.7 Å². The Balaban J connectivity index is 1.70. The fraction of sp³-hybridized carbons (Fsp3) is 0.357. The minimum absolute atomic E-state index is 0.0201. The van der Waals surface area contributed by atoms with E-state index in [1.165, 1.54) is 6.07 Å². The van der Waals surface area contributed by atoms with Crippen molar-refractivity contribution in [1.82, 2.24) is 5.32 Å². The van der Waals surface area contributed by atoms with E-state index < -0.39 is 17.7 Å². The van der Waals surface area contributed by atoms with Crippen LogP contribution in [0.4, 0.5) is 4.39 Å². The van der Waals surface area contributed by atoms with Crippen molar-refractivity contribution in [3.8, 4) is 5.75 Å². The molecule has 1 aliphatic heterocycles. The summed E-state index contributed by atoms with van der Waals surface area (Å²) in [5.74, 6) is 0.489. The summed E-state index contributed by atoms with van der Waals surface area (Å²) in [6.07, 6.45) is 0.872. The van der Waals surface area contributed by atoms with E-state index in [1.807, 2.05) is 31.2 Å². The Morgan fingerprint density at radius 2 is 1.89 bits per heavy atom. The van der Waals surface area contributed by atoms with E-state index in [0.29, 0.717) is 34.6 Å². The largest absolute Gasteiger partial charge is 0.497 e. The minimum atomic E-state index is -0.803. The Morgan fingerprint density at radius 1 is 1.14 bits per heavy atom. The second kappa shape index (κ2) is 11.1. The van der Waals surface area contributed by atoms with Crippen molar-refractivity contribution in [1.29, 1.82) is 0 Å². The molecule has 4 rings (SSSR count). The third kappa shape index (κ3) is 5.30. The highest BCUT2D eigenvalue weighted by Gasteiger charge is 2.42. The first-order valence-electron chi connectivity index (χ1n) is 11.8.